The molecule has 4 rings (SSSR count). The van der Waals surface area contributed by atoms with Crippen LogP contribution >= 0.6 is 11.6 Å². The van der Waals surface area contributed by atoms with E-state index in [2.05, 4.69) is 31.2 Å². The summed E-state index contributed by atoms with van der Waals surface area (Å²) in [5.74, 6) is 1.91. The summed E-state index contributed by atoms with van der Waals surface area (Å²) in [6, 6.07) is 12.4. The van der Waals surface area contributed by atoms with Crippen molar-refractivity contribution in [3.8, 4) is 0 Å². The Bertz CT molecular complexity index is 823. The lowest BCUT2D eigenvalue weighted by molar-refractivity contribution is 0.523. The van der Waals surface area contributed by atoms with Crippen LogP contribution in [0.4, 0.5) is 11.6 Å². The van der Waals surface area contributed by atoms with Crippen LogP contribution in [0.3, 0.4) is 0 Å². The van der Waals surface area contributed by atoms with E-state index in [1.54, 1.807) is 12.5 Å². The number of rotatable bonds is 3. The minimum absolute atomic E-state index is 0.409. The van der Waals surface area contributed by atoms with Crippen LogP contribution in [0.25, 0.3) is 10.9 Å². The van der Waals surface area contributed by atoms with Gasteiger partial charge in [0, 0.05) is 30.7 Å². The summed E-state index contributed by atoms with van der Waals surface area (Å²) >= 11 is 5.91. The second kappa shape index (κ2) is 6.61. The van der Waals surface area contributed by atoms with Crippen molar-refractivity contribution in [2.24, 2.45) is 0 Å². The molecule has 0 saturated carbocycles. The number of benzene rings is 1. The molecule has 1 aromatic carbocycles. The van der Waals surface area contributed by atoms with Crippen molar-refractivity contribution in [2.75, 3.05) is 23.3 Å². The van der Waals surface area contributed by atoms with Crippen molar-refractivity contribution < 1.29 is 0 Å². The van der Waals surface area contributed by atoms with Gasteiger partial charge in [0.25, 0.3) is 0 Å². The molecular weight excluding hydrogens is 322 g/mol. The number of anilines is 2. The molecule has 5 nitrogen and oxygen atoms in total. The molecule has 0 bridgehead atoms. The Balaban J connectivity index is 1.43. The fraction of sp³-hybridized carbons (Fsp3) is 0.278. The zero-order valence-corrected chi connectivity index (χ0v) is 13.9. The molecule has 1 saturated heterocycles. The van der Waals surface area contributed by atoms with Gasteiger partial charge in [-0.2, -0.15) is 0 Å². The Morgan fingerprint density at radius 3 is 2.62 bits per heavy atom. The van der Waals surface area contributed by atoms with Gasteiger partial charge in [-0.25, -0.2) is 15.0 Å². The molecule has 2 aromatic heterocycles. The molecule has 6 heteroatoms. The van der Waals surface area contributed by atoms with Crippen molar-refractivity contribution in [3.63, 3.8) is 0 Å². The Labute approximate surface area is 145 Å². The maximum Gasteiger partial charge on any atom is 0.137 e. The van der Waals surface area contributed by atoms with Crippen molar-refractivity contribution >= 4 is 34.1 Å². The van der Waals surface area contributed by atoms with Crippen LogP contribution < -0.4 is 10.2 Å². The lowest BCUT2D eigenvalue weighted by Gasteiger charge is -2.33. The van der Waals surface area contributed by atoms with Crippen LogP contribution in [0, 0.1) is 0 Å². The third-order valence-corrected chi connectivity index (χ3v) is 4.64. The number of fused-ring (bicyclic) bond motifs is 1. The summed E-state index contributed by atoms with van der Waals surface area (Å²) in [4.78, 5) is 15.4. The van der Waals surface area contributed by atoms with Gasteiger partial charge in [0.15, 0.2) is 0 Å². The Hall–Kier alpha value is -2.40. The SMILES string of the molecule is Clc1ccc(N2CCC(Nc3ncnc4ccccc34)CC2)nc1. The zero-order valence-electron chi connectivity index (χ0n) is 13.2. The first-order valence-corrected chi connectivity index (χ1v) is 8.50. The fourth-order valence-electron chi connectivity index (χ4n) is 3.12. The van der Waals surface area contributed by atoms with E-state index in [1.165, 1.54) is 0 Å². The van der Waals surface area contributed by atoms with E-state index >= 15 is 0 Å². The third kappa shape index (κ3) is 3.12. The van der Waals surface area contributed by atoms with E-state index in [-0.39, 0.29) is 0 Å². The molecule has 0 unspecified atom stereocenters. The molecule has 0 radical (unpaired) electrons. The number of nitrogens with one attached hydrogen (secondary N) is 1. The lowest BCUT2D eigenvalue weighted by atomic mass is 10.0. The highest BCUT2D eigenvalue weighted by atomic mass is 35.5. The van der Waals surface area contributed by atoms with Gasteiger partial charge >= 0.3 is 0 Å². The van der Waals surface area contributed by atoms with Gasteiger partial charge in [0.2, 0.25) is 0 Å². The first kappa shape index (κ1) is 15.1. The minimum Gasteiger partial charge on any atom is -0.367 e. The molecule has 3 aromatic rings. The average Bonchev–Trinajstić information content (AvgIpc) is 2.63. The second-order valence-corrected chi connectivity index (χ2v) is 6.42. The normalized spacial score (nSPS) is 15.6. The number of para-hydroxylation sites is 1. The van der Waals surface area contributed by atoms with Crippen molar-refractivity contribution in [3.05, 3.63) is 53.9 Å². The van der Waals surface area contributed by atoms with Gasteiger partial charge in [-0.05, 0) is 37.1 Å². The second-order valence-electron chi connectivity index (χ2n) is 5.98. The van der Waals surface area contributed by atoms with Gasteiger partial charge in [-0.15, -0.1) is 0 Å². The number of pyridine rings is 1. The van der Waals surface area contributed by atoms with E-state index in [0.717, 1.165) is 48.5 Å². The average molecular weight is 340 g/mol. The molecule has 1 aliphatic heterocycles. The predicted octanol–water partition coefficient (Wildman–Crippen LogP) is 3.76. The van der Waals surface area contributed by atoms with Gasteiger partial charge < -0.3 is 10.2 Å². The predicted molar refractivity (Wildman–Crippen MR) is 97.6 cm³/mol. The van der Waals surface area contributed by atoms with E-state index < -0.39 is 0 Å². The smallest absolute Gasteiger partial charge is 0.137 e. The maximum atomic E-state index is 5.91. The summed E-state index contributed by atoms with van der Waals surface area (Å²) in [5.41, 5.74) is 0.970. The van der Waals surface area contributed by atoms with Crippen LogP contribution in [0.1, 0.15) is 12.8 Å². The van der Waals surface area contributed by atoms with Gasteiger partial charge in [0.05, 0.1) is 10.5 Å². The first-order chi connectivity index (χ1) is 11.8. The Morgan fingerprint density at radius 1 is 1.00 bits per heavy atom. The molecule has 0 aliphatic carbocycles. The van der Waals surface area contributed by atoms with Crippen molar-refractivity contribution in [1.29, 1.82) is 0 Å². The van der Waals surface area contributed by atoms with Crippen molar-refractivity contribution in [1.82, 2.24) is 15.0 Å². The standard InChI is InChI=1S/C18H18ClN5/c19-13-5-6-17(20-11-13)24-9-7-14(8-10-24)23-18-15-3-1-2-4-16(15)21-12-22-18/h1-6,11-12,14H,7-10H2,(H,21,22,23). The number of nitrogens with zero attached hydrogens (tertiary/aromatic N) is 4. The largest absolute Gasteiger partial charge is 0.367 e. The number of aromatic nitrogens is 3. The summed E-state index contributed by atoms with van der Waals surface area (Å²) < 4.78 is 0. The molecular formula is C18H18ClN5. The van der Waals surface area contributed by atoms with Gasteiger partial charge in [-0.1, -0.05) is 23.7 Å². The maximum absolute atomic E-state index is 5.91. The molecule has 0 atom stereocenters. The van der Waals surface area contributed by atoms with Crippen LogP contribution in [-0.2, 0) is 0 Å². The molecule has 0 amide bonds. The van der Waals surface area contributed by atoms with Gasteiger partial charge in [-0.3, -0.25) is 0 Å². The molecule has 0 spiro atoms. The summed E-state index contributed by atoms with van der Waals surface area (Å²) in [5, 5.41) is 5.33. The molecule has 1 N–H and O–H groups in total. The summed E-state index contributed by atoms with van der Waals surface area (Å²) in [7, 11) is 0. The highest BCUT2D eigenvalue weighted by Gasteiger charge is 2.20. The zero-order chi connectivity index (χ0) is 16.4. The minimum atomic E-state index is 0.409. The Kier molecular flexibility index (Phi) is 4.17. The van der Waals surface area contributed by atoms with Crippen LogP contribution in [0.5, 0.6) is 0 Å². The third-order valence-electron chi connectivity index (χ3n) is 4.41. The van der Waals surface area contributed by atoms with Crippen molar-refractivity contribution in [2.45, 2.75) is 18.9 Å². The molecule has 3 heterocycles. The van der Waals surface area contributed by atoms with Gasteiger partial charge in [0.1, 0.15) is 18.0 Å². The number of hydrogen-bond donors (Lipinski definition) is 1. The fourth-order valence-corrected chi connectivity index (χ4v) is 3.23. The first-order valence-electron chi connectivity index (χ1n) is 8.12. The van der Waals surface area contributed by atoms with Crippen LogP contribution in [0.15, 0.2) is 48.9 Å². The number of halogens is 1. The lowest BCUT2D eigenvalue weighted by Crippen LogP contribution is -2.39. The van der Waals surface area contributed by atoms with Crippen LogP contribution in [0.2, 0.25) is 5.02 Å². The summed E-state index contributed by atoms with van der Waals surface area (Å²) in [6.45, 7) is 1.94. The monoisotopic (exact) mass is 339 g/mol. The molecule has 1 fully saturated rings. The Morgan fingerprint density at radius 2 is 1.83 bits per heavy atom. The molecule has 24 heavy (non-hydrogen) atoms. The number of piperidine rings is 1. The van der Waals surface area contributed by atoms with E-state index in [4.69, 9.17) is 11.6 Å². The highest BCUT2D eigenvalue weighted by Crippen LogP contribution is 2.24. The van der Waals surface area contributed by atoms with Crippen LogP contribution in [-0.4, -0.2) is 34.1 Å². The highest BCUT2D eigenvalue weighted by molar-refractivity contribution is 6.30. The molecule has 1 aliphatic rings. The van der Waals surface area contributed by atoms with E-state index in [0.29, 0.717) is 11.1 Å². The topological polar surface area (TPSA) is 53.9 Å². The molecule has 122 valence electrons. The summed E-state index contributed by atoms with van der Waals surface area (Å²) in [6.07, 6.45) is 5.41. The van der Waals surface area contributed by atoms with E-state index in [1.807, 2.05) is 30.3 Å². The van der Waals surface area contributed by atoms with E-state index in [9.17, 15) is 0 Å². The quantitative estimate of drug-likeness (QED) is 0.787. The number of hydrogen-bond acceptors (Lipinski definition) is 5.